The smallest absolute Gasteiger partial charge is 0.282 e. The van der Waals surface area contributed by atoms with Gasteiger partial charge >= 0.3 is 0 Å². The summed E-state index contributed by atoms with van der Waals surface area (Å²) in [5.74, 6) is -0.945. The van der Waals surface area contributed by atoms with Crippen LogP contribution in [0.15, 0.2) is 35.6 Å². The van der Waals surface area contributed by atoms with Crippen LogP contribution >= 0.6 is 11.6 Å². The van der Waals surface area contributed by atoms with E-state index in [4.69, 9.17) is 22.1 Å². The molecule has 1 atom stereocenters. The number of carbonyl (C=O) groups excluding carboxylic acids is 1. The molecule has 0 aliphatic carbocycles. The predicted molar refractivity (Wildman–Crippen MR) is 90.9 cm³/mol. The fraction of sp³-hybridized carbons (Fsp3) is 0.250. The number of anilines is 1. The van der Waals surface area contributed by atoms with E-state index >= 15 is 0 Å². The molecule has 0 unspecified atom stereocenters. The second kappa shape index (κ2) is 6.64. The Morgan fingerprint density at radius 3 is 2.88 bits per heavy atom. The highest BCUT2D eigenvalue weighted by Gasteiger charge is 2.35. The number of amides is 1. The Morgan fingerprint density at radius 1 is 1.40 bits per heavy atom. The van der Waals surface area contributed by atoms with Crippen molar-refractivity contribution in [2.24, 2.45) is 10.7 Å². The van der Waals surface area contributed by atoms with Gasteiger partial charge < -0.3 is 15.8 Å². The molecule has 0 saturated carbocycles. The summed E-state index contributed by atoms with van der Waals surface area (Å²) in [7, 11) is 0. The summed E-state index contributed by atoms with van der Waals surface area (Å²) in [5.41, 5.74) is 5.42. The van der Waals surface area contributed by atoms with Crippen LogP contribution in [-0.2, 0) is 10.3 Å². The van der Waals surface area contributed by atoms with Crippen molar-refractivity contribution >= 4 is 29.2 Å². The summed E-state index contributed by atoms with van der Waals surface area (Å²) in [4.78, 5) is 23.9. The zero-order chi connectivity index (χ0) is 18.0. The SMILES string of the molecule is C[C@@]1(c2cc(NC(=O)c3cnc(Cl)cn3)ccc2F)CCN=C(N)O1. The number of ether oxygens (including phenoxy) is 1. The molecule has 0 saturated heterocycles. The first kappa shape index (κ1) is 17.1. The summed E-state index contributed by atoms with van der Waals surface area (Å²) < 4.78 is 19.9. The highest BCUT2D eigenvalue weighted by molar-refractivity contribution is 6.29. The number of rotatable bonds is 3. The molecule has 0 fully saturated rings. The van der Waals surface area contributed by atoms with E-state index in [9.17, 15) is 9.18 Å². The van der Waals surface area contributed by atoms with Crippen molar-refractivity contribution in [3.05, 3.63) is 52.8 Å². The fourth-order valence-corrected chi connectivity index (χ4v) is 2.61. The molecule has 130 valence electrons. The van der Waals surface area contributed by atoms with Gasteiger partial charge in [-0.25, -0.2) is 19.4 Å². The van der Waals surface area contributed by atoms with Gasteiger partial charge in [-0.05, 0) is 25.1 Å². The molecular weight excluding hydrogens is 349 g/mol. The molecule has 2 heterocycles. The van der Waals surface area contributed by atoms with Gasteiger partial charge in [0.2, 0.25) is 0 Å². The lowest BCUT2D eigenvalue weighted by Crippen LogP contribution is -2.38. The summed E-state index contributed by atoms with van der Waals surface area (Å²) in [6.07, 6.45) is 2.99. The molecule has 0 spiro atoms. The molecule has 1 amide bonds. The summed E-state index contributed by atoms with van der Waals surface area (Å²) in [6.45, 7) is 2.15. The normalized spacial score (nSPS) is 19.7. The molecule has 1 aromatic carbocycles. The molecule has 2 aromatic rings. The van der Waals surface area contributed by atoms with Gasteiger partial charge in [0.1, 0.15) is 22.3 Å². The number of amidine groups is 1. The molecule has 9 heteroatoms. The standard InChI is InChI=1S/C16H15ClFN5O2/c1-16(4-5-20-15(19)25-16)10-6-9(2-3-11(10)18)23-14(24)12-7-22-13(17)8-21-12/h2-3,6-8H,4-5H2,1H3,(H2,19,20)(H,23,24)/t16-/m0/s1. The van der Waals surface area contributed by atoms with E-state index in [0.717, 1.165) is 0 Å². The van der Waals surface area contributed by atoms with Crippen LogP contribution in [0.2, 0.25) is 5.15 Å². The second-order valence-corrected chi connectivity index (χ2v) is 6.06. The molecule has 3 N–H and O–H groups in total. The number of benzene rings is 1. The van der Waals surface area contributed by atoms with Crippen LogP contribution < -0.4 is 11.1 Å². The zero-order valence-corrected chi connectivity index (χ0v) is 14.0. The molecule has 0 bridgehead atoms. The van der Waals surface area contributed by atoms with E-state index in [1.807, 2.05) is 0 Å². The lowest BCUT2D eigenvalue weighted by molar-refractivity contribution is 0.0482. The summed E-state index contributed by atoms with van der Waals surface area (Å²) in [6, 6.07) is 4.23. The third kappa shape index (κ3) is 3.69. The first-order valence-corrected chi connectivity index (χ1v) is 7.83. The number of hydrogen-bond acceptors (Lipinski definition) is 6. The second-order valence-electron chi connectivity index (χ2n) is 5.68. The Bertz CT molecular complexity index is 843. The van der Waals surface area contributed by atoms with Gasteiger partial charge in [0.25, 0.3) is 11.9 Å². The molecule has 0 radical (unpaired) electrons. The van der Waals surface area contributed by atoms with E-state index in [2.05, 4.69) is 20.3 Å². The molecule has 1 aliphatic heterocycles. The van der Waals surface area contributed by atoms with Crippen LogP contribution in [0.5, 0.6) is 0 Å². The van der Waals surface area contributed by atoms with Crippen molar-refractivity contribution < 1.29 is 13.9 Å². The Balaban J connectivity index is 1.85. The third-order valence-electron chi connectivity index (χ3n) is 3.83. The minimum absolute atomic E-state index is 0.0130. The van der Waals surface area contributed by atoms with Gasteiger partial charge in [-0.15, -0.1) is 0 Å². The molecule has 3 rings (SSSR count). The van der Waals surface area contributed by atoms with Crippen molar-refractivity contribution in [3.8, 4) is 0 Å². The Morgan fingerprint density at radius 2 is 2.20 bits per heavy atom. The van der Waals surface area contributed by atoms with Crippen molar-refractivity contribution in [1.82, 2.24) is 9.97 Å². The van der Waals surface area contributed by atoms with Crippen LogP contribution in [0, 0.1) is 5.82 Å². The van der Waals surface area contributed by atoms with Crippen LogP contribution in [0.25, 0.3) is 0 Å². The maximum atomic E-state index is 14.3. The average molecular weight is 364 g/mol. The average Bonchev–Trinajstić information content (AvgIpc) is 2.57. The molecule has 1 aromatic heterocycles. The van der Waals surface area contributed by atoms with E-state index in [1.54, 1.807) is 6.92 Å². The van der Waals surface area contributed by atoms with Crippen LogP contribution in [0.1, 0.15) is 29.4 Å². The number of nitrogens with zero attached hydrogens (tertiary/aromatic N) is 3. The third-order valence-corrected chi connectivity index (χ3v) is 4.03. The molecular formula is C16H15ClFN5O2. The Hall–Kier alpha value is -2.74. The number of halogens is 2. The van der Waals surface area contributed by atoms with Crippen molar-refractivity contribution in [2.45, 2.75) is 18.9 Å². The summed E-state index contributed by atoms with van der Waals surface area (Å²) in [5, 5.41) is 2.83. The first-order valence-electron chi connectivity index (χ1n) is 7.45. The van der Waals surface area contributed by atoms with Gasteiger partial charge in [-0.2, -0.15) is 0 Å². The van der Waals surface area contributed by atoms with E-state index in [0.29, 0.717) is 18.7 Å². The number of nitrogens with one attached hydrogen (secondary N) is 1. The minimum atomic E-state index is -0.962. The topological polar surface area (TPSA) is 102 Å². The van der Waals surface area contributed by atoms with E-state index in [-0.39, 0.29) is 22.4 Å². The fourth-order valence-electron chi connectivity index (χ4n) is 2.52. The lowest BCUT2D eigenvalue weighted by Gasteiger charge is -2.33. The molecule has 7 nitrogen and oxygen atoms in total. The maximum Gasteiger partial charge on any atom is 0.282 e. The van der Waals surface area contributed by atoms with Crippen LogP contribution in [-0.4, -0.2) is 28.4 Å². The number of hydrogen-bond donors (Lipinski definition) is 2. The maximum absolute atomic E-state index is 14.3. The highest BCUT2D eigenvalue weighted by Crippen LogP contribution is 2.34. The van der Waals surface area contributed by atoms with E-state index < -0.39 is 17.3 Å². The number of aliphatic imine (C=N–C) groups is 1. The van der Waals surface area contributed by atoms with Crippen molar-refractivity contribution in [2.75, 3.05) is 11.9 Å². The number of carbonyl (C=O) groups is 1. The van der Waals surface area contributed by atoms with Gasteiger partial charge in [0.15, 0.2) is 0 Å². The number of aromatic nitrogens is 2. The van der Waals surface area contributed by atoms with Gasteiger partial charge in [-0.1, -0.05) is 11.6 Å². The number of nitrogens with two attached hydrogens (primary N) is 1. The van der Waals surface area contributed by atoms with Gasteiger partial charge in [-0.3, -0.25) is 4.79 Å². The molecule has 25 heavy (non-hydrogen) atoms. The van der Waals surface area contributed by atoms with E-state index in [1.165, 1.54) is 30.6 Å². The molecule has 1 aliphatic rings. The minimum Gasteiger partial charge on any atom is -0.454 e. The van der Waals surface area contributed by atoms with Gasteiger partial charge in [0, 0.05) is 24.2 Å². The zero-order valence-electron chi connectivity index (χ0n) is 13.3. The summed E-state index contributed by atoms with van der Waals surface area (Å²) >= 11 is 5.65. The first-order chi connectivity index (χ1) is 11.9. The quantitative estimate of drug-likeness (QED) is 0.872. The van der Waals surface area contributed by atoms with Crippen molar-refractivity contribution in [1.29, 1.82) is 0 Å². The predicted octanol–water partition coefficient (Wildman–Crippen LogP) is 2.47. The Labute approximate surface area is 148 Å². The monoisotopic (exact) mass is 363 g/mol. The largest absolute Gasteiger partial charge is 0.454 e. The Kier molecular flexibility index (Phi) is 4.54. The van der Waals surface area contributed by atoms with Crippen molar-refractivity contribution in [3.63, 3.8) is 0 Å². The van der Waals surface area contributed by atoms with Gasteiger partial charge in [0.05, 0.1) is 12.4 Å². The van der Waals surface area contributed by atoms with Crippen LogP contribution in [0.3, 0.4) is 0 Å². The van der Waals surface area contributed by atoms with Crippen LogP contribution in [0.4, 0.5) is 10.1 Å². The highest BCUT2D eigenvalue weighted by atomic mass is 35.5. The lowest BCUT2D eigenvalue weighted by atomic mass is 9.90.